The van der Waals surface area contributed by atoms with Crippen molar-refractivity contribution in [1.29, 1.82) is 0 Å². The Labute approximate surface area is 151 Å². The number of nitrogens with zero attached hydrogens (tertiary/aromatic N) is 1. The van der Waals surface area contributed by atoms with E-state index in [1.807, 2.05) is 30.3 Å². The highest BCUT2D eigenvalue weighted by Gasteiger charge is 2.35. The van der Waals surface area contributed by atoms with Crippen molar-refractivity contribution < 1.29 is 17.9 Å². The Bertz CT molecular complexity index is 887. The maximum Gasteiger partial charge on any atom is 0.245 e. The first-order chi connectivity index (χ1) is 11.9. The molecule has 25 heavy (non-hydrogen) atoms. The number of sulfonamides is 1. The van der Waals surface area contributed by atoms with Crippen LogP contribution in [0.5, 0.6) is 5.75 Å². The van der Waals surface area contributed by atoms with Crippen LogP contribution >= 0.6 is 11.6 Å². The number of amides is 1. The molecule has 1 aliphatic heterocycles. The van der Waals surface area contributed by atoms with Crippen LogP contribution < -0.4 is 14.4 Å². The third-order valence-corrected chi connectivity index (χ3v) is 5.77. The smallest absolute Gasteiger partial charge is 0.245 e. The number of halogens is 1. The van der Waals surface area contributed by atoms with Crippen molar-refractivity contribution in [3.63, 3.8) is 0 Å². The zero-order valence-electron chi connectivity index (χ0n) is 13.5. The summed E-state index contributed by atoms with van der Waals surface area (Å²) >= 11 is 5.99. The summed E-state index contributed by atoms with van der Waals surface area (Å²) in [4.78, 5) is 14.1. The van der Waals surface area contributed by atoms with Gasteiger partial charge in [-0.05, 0) is 36.8 Å². The number of ether oxygens (including phenoxy) is 1. The highest BCUT2D eigenvalue weighted by atomic mass is 35.5. The molecular weight excluding hydrogens is 364 g/mol. The standard InChI is InChI=1S/C17H17ClN2O4S/c1-24-16-8-7-13(11-14(16)18)25(22,23)19-15-9-10-20(17(15)21)12-5-3-2-4-6-12/h2-8,11,15,19H,9-10H2,1H3/t15-/m0/s1. The summed E-state index contributed by atoms with van der Waals surface area (Å²) in [6.45, 7) is 0.458. The second-order valence-corrected chi connectivity index (χ2v) is 7.71. The predicted molar refractivity (Wildman–Crippen MR) is 95.5 cm³/mol. The molecule has 1 N–H and O–H groups in total. The molecule has 0 spiro atoms. The van der Waals surface area contributed by atoms with Crippen molar-refractivity contribution in [2.24, 2.45) is 0 Å². The molecule has 0 saturated carbocycles. The van der Waals surface area contributed by atoms with Crippen molar-refractivity contribution in [1.82, 2.24) is 4.72 Å². The number of rotatable bonds is 5. The zero-order chi connectivity index (χ0) is 18.0. The molecule has 0 bridgehead atoms. The summed E-state index contributed by atoms with van der Waals surface area (Å²) in [6.07, 6.45) is 0.400. The van der Waals surface area contributed by atoms with Crippen LogP contribution in [-0.4, -0.2) is 34.0 Å². The van der Waals surface area contributed by atoms with E-state index in [1.165, 1.54) is 25.3 Å². The molecule has 2 aromatic rings. The predicted octanol–water partition coefficient (Wildman–Crippen LogP) is 2.43. The van der Waals surface area contributed by atoms with Crippen LogP contribution in [0.25, 0.3) is 0 Å². The lowest BCUT2D eigenvalue weighted by molar-refractivity contribution is -0.118. The largest absolute Gasteiger partial charge is 0.495 e. The van der Waals surface area contributed by atoms with Crippen LogP contribution in [0.1, 0.15) is 6.42 Å². The summed E-state index contributed by atoms with van der Waals surface area (Å²) in [5.41, 5.74) is 0.752. The van der Waals surface area contributed by atoms with Gasteiger partial charge in [-0.1, -0.05) is 29.8 Å². The van der Waals surface area contributed by atoms with E-state index in [1.54, 1.807) is 4.90 Å². The van der Waals surface area contributed by atoms with E-state index in [0.29, 0.717) is 18.7 Å². The van der Waals surface area contributed by atoms with E-state index in [9.17, 15) is 13.2 Å². The molecule has 1 saturated heterocycles. The Hall–Kier alpha value is -2.09. The van der Waals surface area contributed by atoms with Gasteiger partial charge in [0.15, 0.2) is 0 Å². The van der Waals surface area contributed by atoms with E-state index < -0.39 is 16.1 Å². The highest BCUT2D eigenvalue weighted by Crippen LogP contribution is 2.28. The van der Waals surface area contributed by atoms with Crippen LogP contribution in [0.4, 0.5) is 5.69 Å². The van der Waals surface area contributed by atoms with Crippen LogP contribution in [-0.2, 0) is 14.8 Å². The molecule has 1 amide bonds. The minimum Gasteiger partial charge on any atom is -0.495 e. The van der Waals surface area contributed by atoms with Gasteiger partial charge in [-0.2, -0.15) is 4.72 Å². The number of hydrogen-bond donors (Lipinski definition) is 1. The molecule has 1 fully saturated rings. The van der Waals surface area contributed by atoms with Crippen molar-refractivity contribution in [3.05, 3.63) is 53.6 Å². The molecule has 132 valence electrons. The monoisotopic (exact) mass is 380 g/mol. The number of carbonyl (C=O) groups is 1. The normalized spacial score (nSPS) is 17.8. The van der Waals surface area contributed by atoms with E-state index in [-0.39, 0.29) is 15.8 Å². The van der Waals surface area contributed by atoms with E-state index in [2.05, 4.69) is 4.72 Å². The van der Waals surface area contributed by atoms with E-state index in [0.717, 1.165) is 5.69 Å². The van der Waals surface area contributed by atoms with Crippen LogP contribution in [0.2, 0.25) is 5.02 Å². The summed E-state index contributed by atoms with van der Waals surface area (Å²) in [5.74, 6) is 0.113. The molecule has 1 heterocycles. The van der Waals surface area contributed by atoms with Crippen LogP contribution in [0.3, 0.4) is 0 Å². The summed E-state index contributed by atoms with van der Waals surface area (Å²) in [5, 5.41) is 0.189. The molecule has 0 aliphatic carbocycles. The Kier molecular flexibility index (Phi) is 4.99. The number of carbonyl (C=O) groups excluding carboxylic acids is 1. The average molecular weight is 381 g/mol. The van der Waals surface area contributed by atoms with Gasteiger partial charge in [0.05, 0.1) is 17.0 Å². The first-order valence-corrected chi connectivity index (χ1v) is 9.51. The highest BCUT2D eigenvalue weighted by molar-refractivity contribution is 7.89. The van der Waals surface area contributed by atoms with Gasteiger partial charge in [0.2, 0.25) is 15.9 Å². The molecular formula is C17H17ClN2O4S. The van der Waals surface area contributed by atoms with Gasteiger partial charge in [0.25, 0.3) is 0 Å². The van der Waals surface area contributed by atoms with Gasteiger partial charge in [0, 0.05) is 12.2 Å². The Morgan fingerprint density at radius 2 is 1.92 bits per heavy atom. The molecule has 0 radical (unpaired) electrons. The van der Waals surface area contributed by atoms with Gasteiger partial charge in [0.1, 0.15) is 11.8 Å². The van der Waals surface area contributed by atoms with Crippen LogP contribution in [0, 0.1) is 0 Å². The summed E-state index contributed by atoms with van der Waals surface area (Å²) in [7, 11) is -2.42. The molecule has 1 atom stereocenters. The Morgan fingerprint density at radius 1 is 1.20 bits per heavy atom. The second-order valence-electron chi connectivity index (χ2n) is 5.58. The quantitative estimate of drug-likeness (QED) is 0.864. The molecule has 8 heteroatoms. The number of anilines is 1. The minimum absolute atomic E-state index is 0.00994. The second kappa shape index (κ2) is 7.03. The summed E-state index contributed by atoms with van der Waals surface area (Å²) < 4.78 is 32.6. The topological polar surface area (TPSA) is 75.7 Å². The lowest BCUT2D eigenvalue weighted by atomic mass is 10.3. The molecule has 6 nitrogen and oxygen atoms in total. The van der Waals surface area contributed by atoms with Crippen molar-refractivity contribution >= 4 is 33.2 Å². The van der Waals surface area contributed by atoms with Crippen molar-refractivity contribution in [2.75, 3.05) is 18.6 Å². The van der Waals surface area contributed by atoms with Gasteiger partial charge in [-0.25, -0.2) is 8.42 Å². The van der Waals surface area contributed by atoms with Gasteiger partial charge in [-0.3, -0.25) is 4.79 Å². The van der Waals surface area contributed by atoms with Gasteiger partial charge in [-0.15, -0.1) is 0 Å². The van der Waals surface area contributed by atoms with E-state index in [4.69, 9.17) is 16.3 Å². The number of hydrogen-bond acceptors (Lipinski definition) is 4. The molecule has 3 rings (SSSR count). The van der Waals surface area contributed by atoms with Crippen molar-refractivity contribution in [2.45, 2.75) is 17.4 Å². The van der Waals surface area contributed by atoms with Gasteiger partial charge < -0.3 is 9.64 Å². The Morgan fingerprint density at radius 3 is 2.56 bits per heavy atom. The third-order valence-electron chi connectivity index (χ3n) is 4.00. The van der Waals surface area contributed by atoms with Gasteiger partial charge >= 0.3 is 0 Å². The van der Waals surface area contributed by atoms with E-state index >= 15 is 0 Å². The zero-order valence-corrected chi connectivity index (χ0v) is 15.0. The van der Waals surface area contributed by atoms with Crippen molar-refractivity contribution in [3.8, 4) is 5.75 Å². The average Bonchev–Trinajstić information content (AvgIpc) is 2.95. The molecule has 1 aliphatic rings. The lowest BCUT2D eigenvalue weighted by Crippen LogP contribution is -2.41. The number of benzene rings is 2. The SMILES string of the molecule is COc1ccc(S(=O)(=O)N[C@H]2CCN(c3ccccc3)C2=O)cc1Cl. The molecule has 0 aromatic heterocycles. The first kappa shape index (κ1) is 17.7. The summed E-state index contributed by atoms with van der Waals surface area (Å²) in [6, 6.07) is 12.5. The first-order valence-electron chi connectivity index (χ1n) is 7.64. The number of nitrogens with one attached hydrogen (secondary N) is 1. The molecule has 2 aromatic carbocycles. The number of para-hydroxylation sites is 1. The van der Waals surface area contributed by atoms with Crippen LogP contribution in [0.15, 0.2) is 53.4 Å². The fraction of sp³-hybridized carbons (Fsp3) is 0.235. The minimum atomic E-state index is -3.87. The molecule has 0 unspecified atom stereocenters. The fourth-order valence-electron chi connectivity index (χ4n) is 2.72. The maximum atomic E-state index is 12.5. The maximum absolute atomic E-state index is 12.5. The Balaban J connectivity index is 1.78. The lowest BCUT2D eigenvalue weighted by Gasteiger charge is -2.17. The third kappa shape index (κ3) is 3.63. The number of methoxy groups -OCH3 is 1. The fourth-order valence-corrected chi connectivity index (χ4v) is 4.30.